The van der Waals surface area contributed by atoms with Crippen molar-refractivity contribution in [3.8, 4) is 5.75 Å². The van der Waals surface area contributed by atoms with Crippen LogP contribution in [0.15, 0.2) is 36.7 Å². The number of nitrogens with zero attached hydrogens (tertiary/aromatic N) is 2. The van der Waals surface area contributed by atoms with Gasteiger partial charge in [-0.05, 0) is 43.5 Å². The van der Waals surface area contributed by atoms with Gasteiger partial charge in [0.05, 0.1) is 30.4 Å². The smallest absolute Gasteiger partial charge is 0.184 e. The number of rotatable bonds is 6. The van der Waals surface area contributed by atoms with Gasteiger partial charge in [-0.1, -0.05) is 0 Å². The number of pyridine rings is 1. The Kier molecular flexibility index (Phi) is 5.40. The molecule has 0 radical (unpaired) electrons. The average Bonchev–Trinajstić information content (AvgIpc) is 2.72. The molecule has 2 aliphatic rings. The lowest BCUT2D eigenvalue weighted by atomic mass is 9.98. The van der Waals surface area contributed by atoms with E-state index in [2.05, 4.69) is 10.3 Å². The van der Waals surface area contributed by atoms with Crippen molar-refractivity contribution in [1.29, 1.82) is 5.41 Å². The summed E-state index contributed by atoms with van der Waals surface area (Å²) in [4.78, 5) is 4.53. The Morgan fingerprint density at radius 3 is 2.83 bits per heavy atom. The first-order valence-electron chi connectivity index (χ1n) is 9.65. The second kappa shape index (κ2) is 8.13. The molecule has 1 fully saturated rings. The molecule has 29 heavy (non-hydrogen) atoms. The van der Waals surface area contributed by atoms with E-state index in [1.165, 1.54) is 13.2 Å². The molecule has 2 N–H and O–H groups in total. The number of anilines is 1. The van der Waals surface area contributed by atoms with Crippen molar-refractivity contribution in [3.63, 3.8) is 0 Å². The molecule has 2 aromatic rings. The molecule has 1 atom stereocenters. The van der Waals surface area contributed by atoms with E-state index in [0.29, 0.717) is 23.6 Å². The Bertz CT molecular complexity index is 1010. The molecule has 7 heteroatoms. The standard InChI is InChI=1S/C22H24FN4O2/c1-27-12-14(13-27)19-10-17(20(11-25-19)26-21-5-3-4-8-29-21)22(24)16-9-15(28-2)6-7-18(16)23/h6-7,9-13,21,24,26H,3-5,8H2,1-2H3/q+1. The van der Waals surface area contributed by atoms with Gasteiger partial charge in [-0.25, -0.2) is 8.97 Å². The van der Waals surface area contributed by atoms with Crippen LogP contribution in [0.5, 0.6) is 5.75 Å². The molecule has 0 amide bonds. The normalized spacial score (nSPS) is 18.4. The summed E-state index contributed by atoms with van der Waals surface area (Å²) in [7, 11) is 3.46. The minimum Gasteiger partial charge on any atom is -0.497 e. The van der Waals surface area contributed by atoms with Crippen LogP contribution in [0.25, 0.3) is 5.57 Å². The zero-order valence-electron chi connectivity index (χ0n) is 16.5. The number of hydrogen-bond donors (Lipinski definition) is 2. The maximum Gasteiger partial charge on any atom is 0.184 e. The van der Waals surface area contributed by atoms with Gasteiger partial charge in [0.25, 0.3) is 0 Å². The van der Waals surface area contributed by atoms with E-state index < -0.39 is 5.82 Å². The highest BCUT2D eigenvalue weighted by Crippen LogP contribution is 2.28. The second-order valence-corrected chi connectivity index (χ2v) is 7.21. The molecule has 0 aliphatic carbocycles. The number of hydrogen-bond acceptors (Lipinski definition) is 5. The summed E-state index contributed by atoms with van der Waals surface area (Å²) in [6.07, 6.45) is 8.48. The molecule has 2 aliphatic heterocycles. The largest absolute Gasteiger partial charge is 0.497 e. The molecule has 1 unspecified atom stereocenters. The zero-order chi connectivity index (χ0) is 20.4. The predicted molar refractivity (Wildman–Crippen MR) is 111 cm³/mol. The Balaban J connectivity index is 1.72. The third kappa shape index (κ3) is 4.05. The van der Waals surface area contributed by atoms with E-state index in [-0.39, 0.29) is 17.5 Å². The lowest BCUT2D eigenvalue weighted by Gasteiger charge is -2.26. The summed E-state index contributed by atoms with van der Waals surface area (Å²) in [5, 5.41) is 12.1. The second-order valence-electron chi connectivity index (χ2n) is 7.21. The lowest BCUT2D eigenvalue weighted by molar-refractivity contribution is -0.423. The number of benzene rings is 1. The van der Waals surface area contributed by atoms with Crippen LogP contribution in [0.1, 0.15) is 36.1 Å². The summed E-state index contributed by atoms with van der Waals surface area (Å²) < 4.78 is 27.5. The van der Waals surface area contributed by atoms with E-state index in [1.807, 2.05) is 30.1 Å². The van der Waals surface area contributed by atoms with Crippen molar-refractivity contribution in [2.24, 2.45) is 0 Å². The summed E-state index contributed by atoms with van der Waals surface area (Å²) in [6, 6.07) is 6.23. The Morgan fingerprint density at radius 2 is 2.14 bits per heavy atom. The van der Waals surface area contributed by atoms with Crippen molar-refractivity contribution in [2.75, 3.05) is 26.1 Å². The highest BCUT2D eigenvalue weighted by molar-refractivity contribution is 6.16. The maximum atomic E-state index is 14.5. The summed E-state index contributed by atoms with van der Waals surface area (Å²) >= 11 is 0. The summed E-state index contributed by atoms with van der Waals surface area (Å²) in [6.45, 7) is 0.703. The molecular formula is C22H24FN4O2+. The minimum absolute atomic E-state index is 0.0663. The van der Waals surface area contributed by atoms with Crippen LogP contribution in [-0.4, -0.2) is 48.5 Å². The van der Waals surface area contributed by atoms with Crippen molar-refractivity contribution < 1.29 is 18.4 Å². The first kappa shape index (κ1) is 19.3. The van der Waals surface area contributed by atoms with Gasteiger partial charge in [-0.15, -0.1) is 0 Å². The fourth-order valence-corrected chi connectivity index (χ4v) is 3.49. The van der Waals surface area contributed by atoms with Crippen LogP contribution in [0, 0.1) is 11.2 Å². The molecule has 3 heterocycles. The van der Waals surface area contributed by atoms with E-state index in [1.54, 1.807) is 18.3 Å². The first-order chi connectivity index (χ1) is 14.0. The van der Waals surface area contributed by atoms with Gasteiger partial charge in [0.2, 0.25) is 0 Å². The SMILES string of the molecule is COc1ccc(F)c(C(=N)c2cc(C3=C[N+](C)=C3)ncc2NC2CCCCO2)c1. The van der Waals surface area contributed by atoms with E-state index in [0.717, 1.165) is 30.5 Å². The number of allylic oxidation sites excluding steroid dienone is 1. The van der Waals surface area contributed by atoms with Crippen molar-refractivity contribution in [1.82, 2.24) is 4.98 Å². The molecular weight excluding hydrogens is 371 g/mol. The van der Waals surface area contributed by atoms with Crippen molar-refractivity contribution >= 4 is 23.2 Å². The van der Waals surface area contributed by atoms with Gasteiger partial charge in [0.1, 0.15) is 30.4 Å². The topological polar surface area (TPSA) is 70.2 Å². The minimum atomic E-state index is -0.469. The van der Waals surface area contributed by atoms with Crippen LogP contribution >= 0.6 is 0 Å². The van der Waals surface area contributed by atoms with Crippen LogP contribution in [0.4, 0.5) is 10.1 Å². The molecule has 0 spiro atoms. The number of aromatic nitrogens is 1. The van der Waals surface area contributed by atoms with Gasteiger partial charge in [-0.3, -0.25) is 10.4 Å². The van der Waals surface area contributed by atoms with Crippen LogP contribution < -0.4 is 10.1 Å². The molecule has 4 rings (SSSR count). The van der Waals surface area contributed by atoms with E-state index in [4.69, 9.17) is 14.9 Å². The Labute approximate surface area is 169 Å². The highest BCUT2D eigenvalue weighted by atomic mass is 19.1. The molecule has 1 aromatic carbocycles. The zero-order valence-corrected chi connectivity index (χ0v) is 16.5. The summed E-state index contributed by atoms with van der Waals surface area (Å²) in [5.41, 5.74) is 3.17. The predicted octanol–water partition coefficient (Wildman–Crippen LogP) is 3.65. The lowest BCUT2D eigenvalue weighted by Crippen LogP contribution is -2.28. The molecule has 150 valence electrons. The van der Waals surface area contributed by atoms with Crippen LogP contribution in [0.2, 0.25) is 0 Å². The third-order valence-corrected chi connectivity index (χ3v) is 5.09. The fraction of sp³-hybridized carbons (Fsp3) is 0.318. The number of ether oxygens (including phenoxy) is 2. The van der Waals surface area contributed by atoms with Gasteiger partial charge >= 0.3 is 0 Å². The Hall–Kier alpha value is -3.06. The molecule has 0 bridgehead atoms. The van der Waals surface area contributed by atoms with Gasteiger partial charge in [-0.2, -0.15) is 0 Å². The Morgan fingerprint density at radius 1 is 1.31 bits per heavy atom. The third-order valence-electron chi connectivity index (χ3n) is 5.09. The maximum absolute atomic E-state index is 14.5. The van der Waals surface area contributed by atoms with E-state index in [9.17, 15) is 4.39 Å². The first-order valence-corrected chi connectivity index (χ1v) is 9.65. The van der Waals surface area contributed by atoms with Gasteiger partial charge in [0.15, 0.2) is 12.4 Å². The molecule has 6 nitrogen and oxygen atoms in total. The average molecular weight is 395 g/mol. The molecule has 0 saturated carbocycles. The van der Waals surface area contributed by atoms with Crippen molar-refractivity contribution in [3.05, 3.63) is 59.3 Å². The monoisotopic (exact) mass is 395 g/mol. The summed E-state index contributed by atoms with van der Waals surface area (Å²) in [5.74, 6) is 0.0328. The number of halogens is 1. The fourth-order valence-electron chi connectivity index (χ4n) is 3.49. The van der Waals surface area contributed by atoms with Gasteiger partial charge < -0.3 is 14.8 Å². The van der Waals surface area contributed by atoms with Crippen LogP contribution in [-0.2, 0) is 4.74 Å². The highest BCUT2D eigenvalue weighted by Gasteiger charge is 2.23. The van der Waals surface area contributed by atoms with Crippen molar-refractivity contribution in [2.45, 2.75) is 25.5 Å². The van der Waals surface area contributed by atoms with Gasteiger partial charge in [0, 0.05) is 17.7 Å². The number of nitrogens with one attached hydrogen (secondary N) is 2. The van der Waals surface area contributed by atoms with E-state index >= 15 is 0 Å². The van der Waals surface area contributed by atoms with Crippen LogP contribution in [0.3, 0.4) is 0 Å². The quantitative estimate of drug-likeness (QED) is 0.579. The molecule has 1 saturated heterocycles. The number of methoxy groups -OCH3 is 1. The molecule has 1 aromatic heterocycles.